The van der Waals surface area contributed by atoms with Gasteiger partial charge in [0.25, 0.3) is 0 Å². The standard InChI is InChI=1S/C16H34O2/c1-12(2)9-15(11-17-7)16(18-8,14(5)6)10-13(3)4/h12-15H,9-11H2,1-8H3. The van der Waals surface area contributed by atoms with Crippen LogP contribution >= 0.6 is 0 Å². The van der Waals surface area contributed by atoms with E-state index >= 15 is 0 Å². The maximum absolute atomic E-state index is 6.05. The maximum atomic E-state index is 6.05. The van der Waals surface area contributed by atoms with Gasteiger partial charge in [-0.3, -0.25) is 0 Å². The molecule has 0 fully saturated rings. The second-order valence-electron chi connectivity index (χ2n) is 6.69. The summed E-state index contributed by atoms with van der Waals surface area (Å²) in [4.78, 5) is 0. The fourth-order valence-electron chi connectivity index (χ4n) is 3.18. The zero-order chi connectivity index (χ0) is 14.3. The third-order valence-electron chi connectivity index (χ3n) is 3.90. The maximum Gasteiger partial charge on any atom is 0.0754 e. The van der Waals surface area contributed by atoms with Crippen molar-refractivity contribution in [3.63, 3.8) is 0 Å². The van der Waals surface area contributed by atoms with E-state index in [1.165, 1.54) is 0 Å². The summed E-state index contributed by atoms with van der Waals surface area (Å²) >= 11 is 0. The average molecular weight is 258 g/mol. The molecule has 2 unspecified atom stereocenters. The van der Waals surface area contributed by atoms with E-state index in [0.29, 0.717) is 23.7 Å². The minimum atomic E-state index is -0.0611. The normalized spacial score (nSPS) is 17.5. The lowest BCUT2D eigenvalue weighted by Crippen LogP contribution is -2.48. The molecule has 0 saturated carbocycles. The van der Waals surface area contributed by atoms with Gasteiger partial charge in [-0.1, -0.05) is 41.5 Å². The Bertz CT molecular complexity index is 211. The zero-order valence-corrected chi connectivity index (χ0v) is 13.7. The fraction of sp³-hybridized carbons (Fsp3) is 1.00. The minimum absolute atomic E-state index is 0.0611. The number of rotatable bonds is 9. The molecule has 0 radical (unpaired) electrons. The highest BCUT2D eigenvalue weighted by Gasteiger charge is 2.42. The third kappa shape index (κ3) is 4.89. The molecule has 0 N–H and O–H groups in total. The summed E-state index contributed by atoms with van der Waals surface area (Å²) in [5.41, 5.74) is -0.0611. The smallest absolute Gasteiger partial charge is 0.0754 e. The molecule has 0 amide bonds. The molecule has 0 aromatic rings. The summed E-state index contributed by atoms with van der Waals surface area (Å²) in [6.45, 7) is 14.4. The van der Waals surface area contributed by atoms with Crippen LogP contribution in [-0.2, 0) is 9.47 Å². The summed E-state index contributed by atoms with van der Waals surface area (Å²) in [7, 11) is 3.66. The van der Waals surface area contributed by atoms with Gasteiger partial charge in [0.2, 0.25) is 0 Å². The molecule has 2 nitrogen and oxygen atoms in total. The lowest BCUT2D eigenvalue weighted by Gasteiger charge is -2.45. The Hall–Kier alpha value is -0.0800. The van der Waals surface area contributed by atoms with Crippen molar-refractivity contribution in [2.75, 3.05) is 20.8 Å². The van der Waals surface area contributed by atoms with Crippen LogP contribution in [0, 0.1) is 23.7 Å². The first kappa shape index (κ1) is 17.9. The van der Waals surface area contributed by atoms with Crippen molar-refractivity contribution in [2.45, 2.75) is 60.0 Å². The lowest BCUT2D eigenvalue weighted by atomic mass is 9.71. The molecule has 2 atom stereocenters. The van der Waals surface area contributed by atoms with Crippen molar-refractivity contribution in [1.82, 2.24) is 0 Å². The highest BCUT2D eigenvalue weighted by atomic mass is 16.5. The van der Waals surface area contributed by atoms with Gasteiger partial charge in [0, 0.05) is 20.1 Å². The molecule has 18 heavy (non-hydrogen) atoms. The molecule has 0 aliphatic heterocycles. The van der Waals surface area contributed by atoms with Gasteiger partial charge in [0.15, 0.2) is 0 Å². The van der Waals surface area contributed by atoms with Gasteiger partial charge in [-0.2, -0.15) is 0 Å². The largest absolute Gasteiger partial charge is 0.384 e. The number of hydrogen-bond acceptors (Lipinski definition) is 2. The molecule has 0 heterocycles. The summed E-state index contributed by atoms with van der Waals surface area (Å²) < 4.78 is 11.5. The van der Waals surface area contributed by atoms with Crippen LogP contribution in [0.4, 0.5) is 0 Å². The molecule has 0 aromatic carbocycles. The van der Waals surface area contributed by atoms with E-state index in [2.05, 4.69) is 41.5 Å². The molecular weight excluding hydrogens is 224 g/mol. The Morgan fingerprint density at radius 1 is 0.889 bits per heavy atom. The van der Waals surface area contributed by atoms with E-state index in [0.717, 1.165) is 19.4 Å². The van der Waals surface area contributed by atoms with Crippen LogP contribution < -0.4 is 0 Å². The van der Waals surface area contributed by atoms with E-state index < -0.39 is 0 Å². The van der Waals surface area contributed by atoms with Crippen molar-refractivity contribution >= 4 is 0 Å². The molecule has 2 heteroatoms. The van der Waals surface area contributed by atoms with Crippen LogP contribution in [0.1, 0.15) is 54.4 Å². The van der Waals surface area contributed by atoms with Gasteiger partial charge < -0.3 is 9.47 Å². The first-order valence-corrected chi connectivity index (χ1v) is 7.34. The predicted molar refractivity (Wildman–Crippen MR) is 78.9 cm³/mol. The van der Waals surface area contributed by atoms with Crippen LogP contribution in [0.3, 0.4) is 0 Å². The zero-order valence-electron chi connectivity index (χ0n) is 13.7. The third-order valence-corrected chi connectivity index (χ3v) is 3.90. The summed E-state index contributed by atoms with van der Waals surface area (Å²) in [5, 5.41) is 0. The Morgan fingerprint density at radius 3 is 1.72 bits per heavy atom. The average Bonchev–Trinajstić information content (AvgIpc) is 2.24. The van der Waals surface area contributed by atoms with E-state index in [-0.39, 0.29) is 5.60 Å². The number of ether oxygens (including phenoxy) is 2. The fourth-order valence-corrected chi connectivity index (χ4v) is 3.18. The van der Waals surface area contributed by atoms with Crippen molar-refractivity contribution in [1.29, 1.82) is 0 Å². The summed E-state index contributed by atoms with van der Waals surface area (Å²) in [5.74, 6) is 2.28. The predicted octanol–water partition coefficient (Wildman–Crippen LogP) is 4.38. The van der Waals surface area contributed by atoms with Crippen molar-refractivity contribution < 1.29 is 9.47 Å². The van der Waals surface area contributed by atoms with E-state index in [1.54, 1.807) is 7.11 Å². The monoisotopic (exact) mass is 258 g/mol. The van der Waals surface area contributed by atoms with E-state index in [1.807, 2.05) is 7.11 Å². The highest BCUT2D eigenvalue weighted by molar-refractivity contribution is 4.92. The van der Waals surface area contributed by atoms with Crippen LogP contribution in [0.2, 0.25) is 0 Å². The van der Waals surface area contributed by atoms with Gasteiger partial charge in [0.05, 0.1) is 12.2 Å². The van der Waals surface area contributed by atoms with E-state index in [9.17, 15) is 0 Å². The van der Waals surface area contributed by atoms with Crippen LogP contribution in [0.15, 0.2) is 0 Å². The van der Waals surface area contributed by atoms with Crippen molar-refractivity contribution in [3.8, 4) is 0 Å². The van der Waals surface area contributed by atoms with Gasteiger partial charge in [0.1, 0.15) is 0 Å². The number of methoxy groups -OCH3 is 2. The Kier molecular flexibility index (Phi) is 8.13. The van der Waals surface area contributed by atoms with Crippen LogP contribution in [0.25, 0.3) is 0 Å². The van der Waals surface area contributed by atoms with Crippen molar-refractivity contribution in [3.05, 3.63) is 0 Å². The minimum Gasteiger partial charge on any atom is -0.384 e. The van der Waals surface area contributed by atoms with Gasteiger partial charge in [-0.05, 0) is 30.6 Å². The Balaban J connectivity index is 5.17. The molecule has 0 rings (SSSR count). The van der Waals surface area contributed by atoms with E-state index in [4.69, 9.17) is 9.47 Å². The first-order chi connectivity index (χ1) is 8.30. The molecule has 0 spiro atoms. The molecular formula is C16H34O2. The molecule has 0 aromatic heterocycles. The second kappa shape index (κ2) is 8.16. The van der Waals surface area contributed by atoms with Gasteiger partial charge >= 0.3 is 0 Å². The van der Waals surface area contributed by atoms with Gasteiger partial charge in [-0.15, -0.1) is 0 Å². The molecule has 0 aliphatic rings. The molecule has 110 valence electrons. The Labute approximate surface area is 114 Å². The molecule has 0 saturated heterocycles. The quantitative estimate of drug-likeness (QED) is 0.611. The topological polar surface area (TPSA) is 18.5 Å². The van der Waals surface area contributed by atoms with Crippen LogP contribution in [0.5, 0.6) is 0 Å². The van der Waals surface area contributed by atoms with Crippen molar-refractivity contribution in [2.24, 2.45) is 23.7 Å². The van der Waals surface area contributed by atoms with Crippen LogP contribution in [-0.4, -0.2) is 26.4 Å². The Morgan fingerprint density at radius 2 is 1.44 bits per heavy atom. The summed E-state index contributed by atoms with van der Waals surface area (Å²) in [6.07, 6.45) is 2.26. The SMILES string of the molecule is COCC(CC(C)C)C(CC(C)C)(OC)C(C)C. The molecule has 0 aliphatic carbocycles. The highest BCUT2D eigenvalue weighted by Crippen LogP contribution is 2.39. The second-order valence-corrected chi connectivity index (χ2v) is 6.69. The summed E-state index contributed by atoms with van der Waals surface area (Å²) in [6, 6.07) is 0. The first-order valence-electron chi connectivity index (χ1n) is 7.34. The van der Waals surface area contributed by atoms with Gasteiger partial charge in [-0.25, -0.2) is 0 Å². The molecule has 0 bridgehead atoms. The lowest BCUT2D eigenvalue weighted by molar-refractivity contribution is -0.127. The number of hydrogen-bond donors (Lipinski definition) is 0.